The summed E-state index contributed by atoms with van der Waals surface area (Å²) in [4.78, 5) is 26.9. The SMILES string of the molecule is Cc1ccc(CCC(=O)N2CCC(C(=O)c3ccc(O)cc3)CC2)cc1. The number of Topliss-reactive ketones (excluding diaryl/α,β-unsaturated/α-hetero) is 1. The second kappa shape index (κ2) is 8.17. The molecule has 136 valence electrons. The Balaban J connectivity index is 1.48. The highest BCUT2D eigenvalue weighted by Gasteiger charge is 2.27. The van der Waals surface area contributed by atoms with Crippen LogP contribution in [0, 0.1) is 12.8 Å². The van der Waals surface area contributed by atoms with Gasteiger partial charge in [-0.15, -0.1) is 0 Å². The van der Waals surface area contributed by atoms with E-state index in [9.17, 15) is 14.7 Å². The second-order valence-electron chi connectivity index (χ2n) is 7.05. The number of likely N-dealkylation sites (tertiary alicyclic amines) is 1. The number of rotatable bonds is 5. The smallest absolute Gasteiger partial charge is 0.222 e. The minimum absolute atomic E-state index is 0.0410. The van der Waals surface area contributed by atoms with E-state index < -0.39 is 0 Å². The van der Waals surface area contributed by atoms with Crippen molar-refractivity contribution < 1.29 is 14.7 Å². The topological polar surface area (TPSA) is 57.6 Å². The Labute approximate surface area is 154 Å². The van der Waals surface area contributed by atoms with E-state index >= 15 is 0 Å². The highest BCUT2D eigenvalue weighted by molar-refractivity contribution is 5.98. The van der Waals surface area contributed by atoms with Crippen LogP contribution in [0.15, 0.2) is 48.5 Å². The van der Waals surface area contributed by atoms with Gasteiger partial charge in [-0.05, 0) is 56.0 Å². The van der Waals surface area contributed by atoms with Gasteiger partial charge in [-0.25, -0.2) is 0 Å². The summed E-state index contributed by atoms with van der Waals surface area (Å²) in [5.74, 6) is 0.397. The number of carbonyl (C=O) groups is 2. The van der Waals surface area contributed by atoms with E-state index in [1.165, 1.54) is 23.3 Å². The maximum Gasteiger partial charge on any atom is 0.222 e. The van der Waals surface area contributed by atoms with Crippen LogP contribution < -0.4 is 0 Å². The van der Waals surface area contributed by atoms with Crippen molar-refractivity contribution >= 4 is 11.7 Å². The summed E-state index contributed by atoms with van der Waals surface area (Å²) in [5, 5.41) is 9.34. The van der Waals surface area contributed by atoms with E-state index in [0.717, 1.165) is 6.42 Å². The lowest BCUT2D eigenvalue weighted by atomic mass is 9.88. The first-order valence-corrected chi connectivity index (χ1v) is 9.19. The molecule has 3 rings (SSSR count). The van der Waals surface area contributed by atoms with Gasteiger partial charge in [-0.1, -0.05) is 29.8 Å². The lowest BCUT2D eigenvalue weighted by Gasteiger charge is -2.31. The van der Waals surface area contributed by atoms with Gasteiger partial charge in [0.1, 0.15) is 5.75 Å². The van der Waals surface area contributed by atoms with E-state index in [-0.39, 0.29) is 23.4 Å². The van der Waals surface area contributed by atoms with Crippen LogP contribution in [0.1, 0.15) is 40.7 Å². The summed E-state index contributed by atoms with van der Waals surface area (Å²) in [7, 11) is 0. The fourth-order valence-electron chi connectivity index (χ4n) is 3.42. The Morgan fingerprint density at radius 2 is 1.62 bits per heavy atom. The number of phenolic OH excluding ortho intramolecular Hbond substituents is 1. The number of benzene rings is 2. The molecule has 1 amide bonds. The van der Waals surface area contributed by atoms with Crippen molar-refractivity contribution in [3.05, 3.63) is 65.2 Å². The average molecular weight is 351 g/mol. The Bertz CT molecular complexity index is 757. The van der Waals surface area contributed by atoms with Crippen LogP contribution in [0.5, 0.6) is 5.75 Å². The molecule has 0 atom stereocenters. The number of hydrogen-bond acceptors (Lipinski definition) is 3. The standard InChI is InChI=1S/C22H25NO3/c1-16-2-4-17(5-3-16)6-11-21(25)23-14-12-19(13-15-23)22(26)18-7-9-20(24)10-8-18/h2-5,7-10,19,24H,6,11-15H2,1H3. The van der Waals surface area contributed by atoms with Crippen molar-refractivity contribution in [1.82, 2.24) is 4.90 Å². The van der Waals surface area contributed by atoms with Gasteiger partial charge in [0.15, 0.2) is 5.78 Å². The third-order valence-corrected chi connectivity index (χ3v) is 5.12. The van der Waals surface area contributed by atoms with E-state index in [1.54, 1.807) is 12.1 Å². The number of aryl methyl sites for hydroxylation is 2. The Kier molecular flexibility index (Phi) is 5.71. The molecule has 0 saturated carbocycles. The molecule has 1 aliphatic rings. The molecule has 26 heavy (non-hydrogen) atoms. The second-order valence-corrected chi connectivity index (χ2v) is 7.05. The molecule has 4 nitrogen and oxygen atoms in total. The van der Waals surface area contributed by atoms with Gasteiger partial charge >= 0.3 is 0 Å². The van der Waals surface area contributed by atoms with Gasteiger partial charge in [-0.3, -0.25) is 9.59 Å². The first-order valence-electron chi connectivity index (χ1n) is 9.19. The van der Waals surface area contributed by atoms with Crippen molar-refractivity contribution in [2.45, 2.75) is 32.6 Å². The fraction of sp³-hybridized carbons (Fsp3) is 0.364. The molecule has 0 aromatic heterocycles. The number of nitrogens with zero attached hydrogens (tertiary/aromatic N) is 1. The van der Waals surface area contributed by atoms with Crippen molar-refractivity contribution in [1.29, 1.82) is 0 Å². The number of piperidine rings is 1. The minimum Gasteiger partial charge on any atom is -0.508 e. The van der Waals surface area contributed by atoms with Gasteiger partial charge in [-0.2, -0.15) is 0 Å². The van der Waals surface area contributed by atoms with Crippen LogP contribution in [0.3, 0.4) is 0 Å². The zero-order valence-corrected chi connectivity index (χ0v) is 15.1. The van der Waals surface area contributed by atoms with E-state index in [0.29, 0.717) is 37.9 Å². The van der Waals surface area contributed by atoms with Crippen LogP contribution in [-0.4, -0.2) is 34.8 Å². The van der Waals surface area contributed by atoms with Gasteiger partial charge < -0.3 is 10.0 Å². The summed E-state index contributed by atoms with van der Waals surface area (Å²) in [6.45, 7) is 3.33. The maximum absolute atomic E-state index is 12.5. The van der Waals surface area contributed by atoms with Gasteiger partial charge in [0, 0.05) is 31.0 Å². The molecule has 1 heterocycles. The summed E-state index contributed by atoms with van der Waals surface area (Å²) in [6, 6.07) is 14.7. The first-order chi connectivity index (χ1) is 12.5. The van der Waals surface area contributed by atoms with E-state index in [4.69, 9.17) is 0 Å². The zero-order chi connectivity index (χ0) is 18.5. The van der Waals surface area contributed by atoms with Gasteiger partial charge in [0.05, 0.1) is 0 Å². The summed E-state index contributed by atoms with van der Waals surface area (Å²) < 4.78 is 0. The number of ketones is 1. The lowest BCUT2D eigenvalue weighted by Crippen LogP contribution is -2.40. The molecule has 2 aromatic carbocycles. The van der Waals surface area contributed by atoms with Gasteiger partial charge in [0.25, 0.3) is 0 Å². The van der Waals surface area contributed by atoms with Gasteiger partial charge in [0.2, 0.25) is 5.91 Å². The van der Waals surface area contributed by atoms with Crippen LogP contribution in [-0.2, 0) is 11.2 Å². The Morgan fingerprint density at radius 1 is 1.00 bits per heavy atom. The number of aromatic hydroxyl groups is 1. The molecule has 1 N–H and O–H groups in total. The number of amides is 1. The predicted molar refractivity (Wildman–Crippen MR) is 101 cm³/mol. The van der Waals surface area contributed by atoms with Crippen molar-refractivity contribution in [3.63, 3.8) is 0 Å². The molecule has 1 fully saturated rings. The molecule has 2 aromatic rings. The first kappa shape index (κ1) is 18.2. The number of carbonyl (C=O) groups excluding carboxylic acids is 2. The van der Waals surface area contributed by atoms with Crippen molar-refractivity contribution in [2.75, 3.05) is 13.1 Å². The molecule has 1 saturated heterocycles. The van der Waals surface area contributed by atoms with Crippen LogP contribution in [0.2, 0.25) is 0 Å². The van der Waals surface area contributed by atoms with Crippen LogP contribution in [0.4, 0.5) is 0 Å². The zero-order valence-electron chi connectivity index (χ0n) is 15.1. The summed E-state index contributed by atoms with van der Waals surface area (Å²) in [5.41, 5.74) is 3.04. The minimum atomic E-state index is -0.0410. The molecule has 4 heteroatoms. The largest absolute Gasteiger partial charge is 0.508 e. The van der Waals surface area contributed by atoms with Crippen LogP contribution in [0.25, 0.3) is 0 Å². The molecule has 0 unspecified atom stereocenters. The predicted octanol–water partition coefficient (Wildman–Crippen LogP) is 3.75. The summed E-state index contributed by atoms with van der Waals surface area (Å²) in [6.07, 6.45) is 2.68. The third kappa shape index (κ3) is 4.51. The summed E-state index contributed by atoms with van der Waals surface area (Å²) >= 11 is 0. The molecule has 0 bridgehead atoms. The average Bonchev–Trinajstić information content (AvgIpc) is 2.67. The molecule has 0 spiro atoms. The quantitative estimate of drug-likeness (QED) is 0.835. The molecule has 1 aliphatic heterocycles. The molecular weight excluding hydrogens is 326 g/mol. The Hall–Kier alpha value is -2.62. The molecule has 0 radical (unpaired) electrons. The highest BCUT2D eigenvalue weighted by atomic mass is 16.3. The third-order valence-electron chi connectivity index (χ3n) is 5.12. The normalized spacial score (nSPS) is 15.0. The molecular formula is C22H25NO3. The fourth-order valence-corrected chi connectivity index (χ4v) is 3.42. The number of phenols is 1. The van der Waals surface area contributed by atoms with Crippen molar-refractivity contribution in [3.8, 4) is 5.75 Å². The maximum atomic E-state index is 12.5. The van der Waals surface area contributed by atoms with Crippen molar-refractivity contribution in [2.24, 2.45) is 5.92 Å². The highest BCUT2D eigenvalue weighted by Crippen LogP contribution is 2.23. The molecule has 0 aliphatic carbocycles. The van der Waals surface area contributed by atoms with Crippen LogP contribution >= 0.6 is 0 Å². The number of hydrogen-bond donors (Lipinski definition) is 1. The Morgan fingerprint density at radius 3 is 2.23 bits per heavy atom. The van der Waals surface area contributed by atoms with E-state index in [2.05, 4.69) is 31.2 Å². The van der Waals surface area contributed by atoms with E-state index in [1.807, 2.05) is 4.90 Å². The monoisotopic (exact) mass is 351 g/mol. The lowest BCUT2D eigenvalue weighted by molar-refractivity contribution is -0.132.